The third kappa shape index (κ3) is 4.90. The molecule has 0 spiro atoms. The van der Waals surface area contributed by atoms with E-state index in [0.717, 1.165) is 24.0 Å². The number of imidazole rings is 1. The number of amides is 1. The summed E-state index contributed by atoms with van der Waals surface area (Å²) in [5, 5.41) is 2.44. The van der Waals surface area contributed by atoms with Crippen molar-refractivity contribution in [2.24, 2.45) is 7.05 Å². The van der Waals surface area contributed by atoms with Gasteiger partial charge in [0.15, 0.2) is 15.7 Å². The van der Waals surface area contributed by atoms with Gasteiger partial charge in [-0.1, -0.05) is 6.92 Å². The number of ether oxygens (including phenoxy) is 1. The average Bonchev–Trinajstić information content (AvgIpc) is 3.11. The summed E-state index contributed by atoms with van der Waals surface area (Å²) in [4.78, 5) is 23.5. The number of aromatic nitrogens is 4. The number of hydrogen-bond acceptors (Lipinski definition) is 8. The first-order valence-electron chi connectivity index (χ1n) is 9.46. The molecular formula is C19H20F3N5O4S2. The van der Waals surface area contributed by atoms with Crippen LogP contribution in [0.25, 0.3) is 22.6 Å². The number of pyridine rings is 2. The summed E-state index contributed by atoms with van der Waals surface area (Å²) in [6.07, 6.45) is -0.756. The molecule has 14 heteroatoms. The quantitative estimate of drug-likeness (QED) is 0.490. The number of nitrogens with zero attached hydrogens (tertiary/aromatic N) is 4. The zero-order valence-corrected chi connectivity index (χ0v) is 19.6. The zero-order chi connectivity index (χ0) is 24.6. The topological polar surface area (TPSA) is 116 Å². The summed E-state index contributed by atoms with van der Waals surface area (Å²) in [6, 6.07) is 2.02. The number of aryl methyl sites for hydroxylation is 1. The van der Waals surface area contributed by atoms with Crippen LogP contribution in [-0.2, 0) is 27.9 Å². The fraction of sp³-hybridized carbons (Fsp3) is 0.368. The van der Waals surface area contributed by atoms with Crippen LogP contribution in [0.3, 0.4) is 0 Å². The Hall–Kier alpha value is -2.87. The van der Waals surface area contributed by atoms with Crippen molar-refractivity contribution >= 4 is 38.5 Å². The predicted molar refractivity (Wildman–Crippen MR) is 116 cm³/mol. The lowest BCUT2D eigenvalue weighted by Crippen LogP contribution is -2.33. The standard InChI is InChI=1S/C19H20F3N5O4S2/c1-5-33(29,30)13-6-10(31-18(32-4)17(28)23-2)8-25-15(13)16-26-11-7-14(19(20,21)22)24-9-12(11)27(16)3/h6-9,18H,5H2,1-4H3,(H,23,28). The summed E-state index contributed by atoms with van der Waals surface area (Å²) in [7, 11) is -0.896. The van der Waals surface area contributed by atoms with E-state index < -0.39 is 33.1 Å². The highest BCUT2D eigenvalue weighted by Gasteiger charge is 2.33. The van der Waals surface area contributed by atoms with Gasteiger partial charge in [-0.3, -0.25) is 4.79 Å². The smallest absolute Gasteiger partial charge is 0.433 e. The molecule has 0 aliphatic carbocycles. The Kier molecular flexibility index (Phi) is 6.88. The number of thioether (sulfide) groups is 1. The molecule has 33 heavy (non-hydrogen) atoms. The third-order valence-electron chi connectivity index (χ3n) is 4.73. The highest BCUT2D eigenvalue weighted by atomic mass is 32.2. The van der Waals surface area contributed by atoms with Crippen molar-refractivity contribution in [2.45, 2.75) is 23.4 Å². The molecule has 0 saturated heterocycles. The minimum absolute atomic E-state index is 0.0149. The molecule has 1 unspecified atom stereocenters. The number of hydrogen-bond donors (Lipinski definition) is 1. The van der Waals surface area contributed by atoms with Crippen LogP contribution in [0.1, 0.15) is 12.6 Å². The summed E-state index contributed by atoms with van der Waals surface area (Å²) in [5.74, 6) is -0.614. The number of carbonyl (C=O) groups is 1. The number of carbonyl (C=O) groups excluding carboxylic acids is 1. The maximum absolute atomic E-state index is 13.0. The molecule has 0 aromatic carbocycles. The molecule has 3 heterocycles. The highest BCUT2D eigenvalue weighted by Crippen LogP contribution is 2.33. The number of halogens is 3. The Morgan fingerprint density at radius 3 is 2.55 bits per heavy atom. The number of likely N-dealkylation sites (N-methyl/N-ethyl adjacent to an activating group) is 1. The molecule has 1 amide bonds. The van der Waals surface area contributed by atoms with Crippen LogP contribution < -0.4 is 10.1 Å². The van der Waals surface area contributed by atoms with Crippen LogP contribution in [0.2, 0.25) is 0 Å². The number of nitrogens with one attached hydrogen (secondary N) is 1. The third-order valence-corrected chi connectivity index (χ3v) is 7.21. The van der Waals surface area contributed by atoms with Gasteiger partial charge in [0.25, 0.3) is 5.91 Å². The maximum atomic E-state index is 13.0. The monoisotopic (exact) mass is 503 g/mol. The molecule has 9 nitrogen and oxygen atoms in total. The van der Waals surface area contributed by atoms with E-state index in [9.17, 15) is 26.4 Å². The second-order valence-electron chi connectivity index (χ2n) is 6.77. The molecule has 1 N–H and O–H groups in total. The minimum Gasteiger partial charge on any atom is -0.468 e. The molecule has 0 bridgehead atoms. The molecule has 0 radical (unpaired) electrons. The Morgan fingerprint density at radius 2 is 1.97 bits per heavy atom. The molecule has 0 aliphatic rings. The van der Waals surface area contributed by atoms with Crippen molar-refractivity contribution in [1.29, 1.82) is 0 Å². The Bertz CT molecular complexity index is 1310. The van der Waals surface area contributed by atoms with Crippen molar-refractivity contribution in [3.8, 4) is 17.3 Å². The number of fused-ring (bicyclic) bond motifs is 1. The molecule has 0 saturated carbocycles. The molecule has 3 rings (SSSR count). The molecule has 3 aromatic heterocycles. The van der Waals surface area contributed by atoms with Gasteiger partial charge in [-0.05, 0) is 12.3 Å². The molecular weight excluding hydrogens is 483 g/mol. The average molecular weight is 504 g/mol. The fourth-order valence-corrected chi connectivity index (χ4v) is 4.54. The number of rotatable bonds is 7. The minimum atomic E-state index is -4.65. The molecule has 0 aliphatic heterocycles. The Morgan fingerprint density at radius 1 is 1.27 bits per heavy atom. The Balaban J connectivity index is 2.17. The van der Waals surface area contributed by atoms with Gasteiger partial charge in [-0.15, -0.1) is 11.8 Å². The van der Waals surface area contributed by atoms with E-state index in [4.69, 9.17) is 4.74 Å². The second kappa shape index (κ2) is 9.17. The lowest BCUT2D eigenvalue weighted by molar-refractivity contribution is -0.141. The molecule has 1 atom stereocenters. The van der Waals surface area contributed by atoms with E-state index in [2.05, 4.69) is 20.3 Å². The van der Waals surface area contributed by atoms with E-state index >= 15 is 0 Å². The molecule has 3 aromatic rings. The molecule has 0 fully saturated rings. The van der Waals surface area contributed by atoms with Gasteiger partial charge in [0, 0.05) is 20.2 Å². The lowest BCUT2D eigenvalue weighted by Gasteiger charge is -2.16. The largest absolute Gasteiger partial charge is 0.468 e. The van der Waals surface area contributed by atoms with Gasteiger partial charge >= 0.3 is 6.18 Å². The number of sulfone groups is 1. The van der Waals surface area contributed by atoms with Crippen molar-refractivity contribution in [3.63, 3.8) is 0 Å². The predicted octanol–water partition coefficient (Wildman–Crippen LogP) is 2.66. The summed E-state index contributed by atoms with van der Waals surface area (Å²) >= 11 is 1.10. The lowest BCUT2D eigenvalue weighted by atomic mass is 10.3. The van der Waals surface area contributed by atoms with Gasteiger partial charge in [0.05, 0.1) is 29.2 Å². The first-order valence-corrected chi connectivity index (χ1v) is 12.4. The van der Waals surface area contributed by atoms with E-state index in [1.165, 1.54) is 37.8 Å². The summed E-state index contributed by atoms with van der Waals surface area (Å²) < 4.78 is 71.8. The van der Waals surface area contributed by atoms with Crippen molar-refractivity contribution < 1.29 is 31.1 Å². The van der Waals surface area contributed by atoms with Crippen LogP contribution in [0, 0.1) is 0 Å². The normalized spacial score (nSPS) is 13.2. The van der Waals surface area contributed by atoms with Crippen LogP contribution in [0.4, 0.5) is 13.2 Å². The fourth-order valence-electron chi connectivity index (χ4n) is 2.96. The van der Waals surface area contributed by atoms with Gasteiger partial charge in [-0.2, -0.15) is 13.2 Å². The van der Waals surface area contributed by atoms with Crippen molar-refractivity contribution in [3.05, 3.63) is 30.2 Å². The molecule has 178 valence electrons. The SMILES string of the molecule is CCS(=O)(=O)c1cc(OC(SC)C(=O)NC)cnc1-c1nc2cc(C(F)(F)F)ncc2n1C. The summed E-state index contributed by atoms with van der Waals surface area (Å²) in [6.45, 7) is 1.44. The second-order valence-corrected chi connectivity index (χ2v) is 9.92. The van der Waals surface area contributed by atoms with Crippen LogP contribution in [0.5, 0.6) is 5.75 Å². The first kappa shape index (κ1) is 24.8. The van der Waals surface area contributed by atoms with Gasteiger partial charge in [0.1, 0.15) is 22.0 Å². The van der Waals surface area contributed by atoms with E-state index in [1.54, 1.807) is 6.26 Å². The zero-order valence-electron chi connectivity index (χ0n) is 18.0. The highest BCUT2D eigenvalue weighted by molar-refractivity contribution is 7.99. The van der Waals surface area contributed by atoms with Crippen molar-refractivity contribution in [2.75, 3.05) is 19.1 Å². The summed E-state index contributed by atoms with van der Waals surface area (Å²) in [5.41, 5.74) is -1.87. The number of alkyl halides is 3. The van der Waals surface area contributed by atoms with Crippen LogP contribution >= 0.6 is 11.8 Å². The van der Waals surface area contributed by atoms with E-state index in [-0.39, 0.29) is 38.9 Å². The maximum Gasteiger partial charge on any atom is 0.433 e. The van der Waals surface area contributed by atoms with E-state index in [1.807, 2.05) is 0 Å². The first-order chi connectivity index (χ1) is 15.4. The van der Waals surface area contributed by atoms with Gasteiger partial charge < -0.3 is 14.6 Å². The Labute approximate surface area is 191 Å². The van der Waals surface area contributed by atoms with Crippen LogP contribution in [0.15, 0.2) is 29.4 Å². The van der Waals surface area contributed by atoms with Gasteiger partial charge in [0.2, 0.25) is 5.44 Å². The van der Waals surface area contributed by atoms with Gasteiger partial charge in [-0.25, -0.2) is 23.4 Å². The van der Waals surface area contributed by atoms with Crippen molar-refractivity contribution in [1.82, 2.24) is 24.8 Å². The van der Waals surface area contributed by atoms with E-state index in [0.29, 0.717) is 0 Å². The van der Waals surface area contributed by atoms with Crippen LogP contribution in [-0.4, -0.2) is 58.3 Å².